The predicted octanol–water partition coefficient (Wildman–Crippen LogP) is 1.68. The van der Waals surface area contributed by atoms with Gasteiger partial charge < -0.3 is 10.6 Å². The Morgan fingerprint density at radius 2 is 2.33 bits per heavy atom. The Morgan fingerprint density at radius 1 is 1.56 bits per heavy atom. The third-order valence-electron chi connectivity index (χ3n) is 2.98. The molecule has 0 saturated heterocycles. The number of carbonyl (C=O) groups excluding carboxylic acids is 1. The quantitative estimate of drug-likeness (QED) is 0.826. The molecule has 1 atom stereocenters. The van der Waals surface area contributed by atoms with Crippen LogP contribution < -0.4 is 10.6 Å². The number of nitrogens with one attached hydrogen (secondary N) is 2. The van der Waals surface area contributed by atoms with E-state index in [1.54, 1.807) is 12.4 Å². The molecule has 0 bridgehead atoms. The summed E-state index contributed by atoms with van der Waals surface area (Å²) in [6, 6.07) is 3.86. The molecule has 1 aliphatic rings. The van der Waals surface area contributed by atoms with Crippen LogP contribution in [0.25, 0.3) is 0 Å². The first kappa shape index (κ1) is 14.9. The lowest BCUT2D eigenvalue weighted by molar-refractivity contribution is -0.120. The van der Waals surface area contributed by atoms with E-state index in [2.05, 4.69) is 15.6 Å². The van der Waals surface area contributed by atoms with E-state index in [-0.39, 0.29) is 24.4 Å². The van der Waals surface area contributed by atoms with Gasteiger partial charge in [-0.2, -0.15) is 0 Å². The van der Waals surface area contributed by atoms with Gasteiger partial charge in [0.25, 0.3) is 0 Å². The summed E-state index contributed by atoms with van der Waals surface area (Å²) in [5, 5.41) is 6.13. The van der Waals surface area contributed by atoms with Crippen LogP contribution in [0.2, 0.25) is 0 Å². The maximum absolute atomic E-state index is 11.6. The van der Waals surface area contributed by atoms with Crippen molar-refractivity contribution in [3.63, 3.8) is 0 Å². The topological polar surface area (TPSA) is 54.0 Å². The zero-order valence-corrected chi connectivity index (χ0v) is 11.4. The molecule has 1 aromatic heterocycles. The minimum atomic E-state index is 0. The summed E-state index contributed by atoms with van der Waals surface area (Å²) in [4.78, 5) is 15.7. The Balaban J connectivity index is 0.00000162. The SMILES string of the molecule is CC(NC(=O)CNCC1CC1)c1cccnc1.Cl. The van der Waals surface area contributed by atoms with Gasteiger partial charge in [-0.25, -0.2) is 0 Å². The minimum Gasteiger partial charge on any atom is -0.348 e. The lowest BCUT2D eigenvalue weighted by Gasteiger charge is -2.14. The largest absolute Gasteiger partial charge is 0.348 e. The van der Waals surface area contributed by atoms with Crippen LogP contribution in [0.15, 0.2) is 24.5 Å². The van der Waals surface area contributed by atoms with Gasteiger partial charge in [0, 0.05) is 12.4 Å². The fourth-order valence-corrected chi connectivity index (χ4v) is 1.72. The first-order valence-electron chi connectivity index (χ1n) is 6.15. The van der Waals surface area contributed by atoms with E-state index in [9.17, 15) is 4.79 Å². The molecular weight excluding hydrogens is 250 g/mol. The van der Waals surface area contributed by atoms with Crippen molar-refractivity contribution in [2.24, 2.45) is 5.92 Å². The molecule has 0 spiro atoms. The highest BCUT2D eigenvalue weighted by atomic mass is 35.5. The molecule has 18 heavy (non-hydrogen) atoms. The van der Waals surface area contributed by atoms with Crippen LogP contribution in [0.4, 0.5) is 0 Å². The maximum atomic E-state index is 11.6. The number of hydrogen-bond donors (Lipinski definition) is 2. The third-order valence-corrected chi connectivity index (χ3v) is 2.98. The summed E-state index contributed by atoms with van der Waals surface area (Å²) in [5.41, 5.74) is 1.03. The van der Waals surface area contributed by atoms with Crippen LogP contribution >= 0.6 is 12.4 Å². The van der Waals surface area contributed by atoms with E-state index >= 15 is 0 Å². The molecule has 1 saturated carbocycles. The molecule has 2 rings (SSSR count). The van der Waals surface area contributed by atoms with Crippen molar-refractivity contribution in [3.05, 3.63) is 30.1 Å². The maximum Gasteiger partial charge on any atom is 0.234 e. The minimum absolute atomic E-state index is 0. The number of pyridine rings is 1. The van der Waals surface area contributed by atoms with Crippen LogP contribution in [-0.4, -0.2) is 24.0 Å². The van der Waals surface area contributed by atoms with Crippen molar-refractivity contribution in [3.8, 4) is 0 Å². The summed E-state index contributed by atoms with van der Waals surface area (Å²) in [6.07, 6.45) is 6.12. The zero-order chi connectivity index (χ0) is 12.1. The molecule has 5 heteroatoms. The summed E-state index contributed by atoms with van der Waals surface area (Å²) in [6.45, 7) is 3.34. The highest BCUT2D eigenvalue weighted by molar-refractivity contribution is 5.85. The van der Waals surface area contributed by atoms with E-state index in [1.807, 2.05) is 19.1 Å². The van der Waals surface area contributed by atoms with Gasteiger partial charge in [0.2, 0.25) is 5.91 Å². The van der Waals surface area contributed by atoms with Gasteiger partial charge in [-0.05, 0) is 43.9 Å². The van der Waals surface area contributed by atoms with Crippen molar-refractivity contribution in [2.75, 3.05) is 13.1 Å². The van der Waals surface area contributed by atoms with Gasteiger partial charge in [-0.1, -0.05) is 6.07 Å². The first-order valence-corrected chi connectivity index (χ1v) is 6.15. The standard InChI is InChI=1S/C13H19N3O.ClH/c1-10(12-3-2-6-14-8-12)16-13(17)9-15-7-11-4-5-11;/h2-3,6,8,10-11,15H,4-5,7,9H2,1H3,(H,16,17);1H. The number of amides is 1. The van der Waals surface area contributed by atoms with Gasteiger partial charge in [0.1, 0.15) is 0 Å². The van der Waals surface area contributed by atoms with Gasteiger partial charge in [-0.15, -0.1) is 12.4 Å². The Labute approximate surface area is 114 Å². The monoisotopic (exact) mass is 269 g/mol. The fraction of sp³-hybridized carbons (Fsp3) is 0.538. The molecule has 1 heterocycles. The fourth-order valence-electron chi connectivity index (χ4n) is 1.72. The summed E-state index contributed by atoms with van der Waals surface area (Å²) in [7, 11) is 0. The zero-order valence-electron chi connectivity index (χ0n) is 10.6. The second-order valence-electron chi connectivity index (χ2n) is 4.65. The van der Waals surface area contributed by atoms with Gasteiger partial charge in [0.05, 0.1) is 12.6 Å². The Kier molecular flexibility index (Phi) is 6.09. The van der Waals surface area contributed by atoms with Gasteiger partial charge in [0.15, 0.2) is 0 Å². The molecule has 0 aliphatic heterocycles. The van der Waals surface area contributed by atoms with Crippen LogP contribution in [0.1, 0.15) is 31.4 Å². The van der Waals surface area contributed by atoms with Crippen LogP contribution in [0.3, 0.4) is 0 Å². The van der Waals surface area contributed by atoms with Crippen molar-refractivity contribution < 1.29 is 4.79 Å². The average Bonchev–Trinajstić information content (AvgIpc) is 3.14. The summed E-state index contributed by atoms with van der Waals surface area (Å²) in [5.74, 6) is 0.848. The molecule has 100 valence electrons. The van der Waals surface area contributed by atoms with E-state index in [1.165, 1.54) is 12.8 Å². The average molecular weight is 270 g/mol. The third kappa shape index (κ3) is 5.02. The number of halogens is 1. The number of aromatic nitrogens is 1. The summed E-state index contributed by atoms with van der Waals surface area (Å²) >= 11 is 0. The first-order chi connectivity index (χ1) is 8.25. The predicted molar refractivity (Wildman–Crippen MR) is 73.6 cm³/mol. The van der Waals surface area contributed by atoms with Crippen LogP contribution in [0, 0.1) is 5.92 Å². The molecule has 1 aromatic rings. The van der Waals surface area contributed by atoms with Gasteiger partial charge >= 0.3 is 0 Å². The molecule has 2 N–H and O–H groups in total. The molecule has 1 amide bonds. The van der Waals surface area contributed by atoms with Crippen molar-refractivity contribution >= 4 is 18.3 Å². The van der Waals surface area contributed by atoms with E-state index in [0.717, 1.165) is 18.0 Å². The molecule has 0 radical (unpaired) electrons. The van der Waals surface area contributed by atoms with Crippen LogP contribution in [0.5, 0.6) is 0 Å². The Morgan fingerprint density at radius 3 is 2.94 bits per heavy atom. The van der Waals surface area contributed by atoms with Crippen LogP contribution in [-0.2, 0) is 4.79 Å². The second kappa shape index (κ2) is 7.34. The Bertz CT molecular complexity index is 368. The van der Waals surface area contributed by atoms with Crippen molar-refractivity contribution in [2.45, 2.75) is 25.8 Å². The number of carbonyl (C=O) groups is 1. The normalized spacial score (nSPS) is 15.6. The molecule has 1 aliphatic carbocycles. The van der Waals surface area contributed by atoms with E-state index in [4.69, 9.17) is 0 Å². The molecule has 1 fully saturated rings. The molecular formula is C13H20ClN3O. The molecule has 0 aromatic carbocycles. The second-order valence-corrected chi connectivity index (χ2v) is 4.65. The Hall–Kier alpha value is -1.13. The number of nitrogens with zero attached hydrogens (tertiary/aromatic N) is 1. The van der Waals surface area contributed by atoms with Crippen molar-refractivity contribution in [1.82, 2.24) is 15.6 Å². The summed E-state index contributed by atoms with van der Waals surface area (Å²) < 4.78 is 0. The molecule has 4 nitrogen and oxygen atoms in total. The number of hydrogen-bond acceptors (Lipinski definition) is 3. The lowest BCUT2D eigenvalue weighted by Crippen LogP contribution is -2.36. The van der Waals surface area contributed by atoms with E-state index in [0.29, 0.717) is 6.54 Å². The van der Waals surface area contributed by atoms with Gasteiger partial charge in [-0.3, -0.25) is 9.78 Å². The number of rotatable bonds is 6. The lowest BCUT2D eigenvalue weighted by atomic mass is 10.1. The van der Waals surface area contributed by atoms with Crippen molar-refractivity contribution in [1.29, 1.82) is 0 Å². The smallest absolute Gasteiger partial charge is 0.234 e. The van der Waals surface area contributed by atoms with E-state index < -0.39 is 0 Å². The highest BCUT2D eigenvalue weighted by Crippen LogP contribution is 2.27. The highest BCUT2D eigenvalue weighted by Gasteiger charge is 2.20. The molecule has 1 unspecified atom stereocenters.